The molecule has 1 aromatic rings. The Hall–Kier alpha value is -1.69. The normalized spacial score (nSPS) is 18.0. The van der Waals surface area contributed by atoms with Crippen molar-refractivity contribution in [3.63, 3.8) is 0 Å². The Morgan fingerprint density at radius 1 is 1.62 bits per heavy atom. The third-order valence-corrected chi connectivity index (χ3v) is 3.76. The lowest BCUT2D eigenvalue weighted by molar-refractivity contribution is 0.0724. The summed E-state index contributed by atoms with van der Waals surface area (Å²) in [5, 5.41) is 11.9. The van der Waals surface area contributed by atoms with Crippen LogP contribution >= 0.6 is 0 Å². The molecule has 0 aromatic carbocycles. The molecule has 0 bridgehead atoms. The zero-order valence-electron chi connectivity index (χ0n) is 12.3. The Morgan fingerprint density at radius 2 is 2.43 bits per heavy atom. The van der Waals surface area contributed by atoms with Gasteiger partial charge in [0.15, 0.2) is 0 Å². The largest absolute Gasteiger partial charge is 0.396 e. The number of hydrogen-bond donors (Lipinski definition) is 2. The first-order valence-electron chi connectivity index (χ1n) is 7.48. The van der Waals surface area contributed by atoms with Crippen molar-refractivity contribution in [3.05, 3.63) is 23.6 Å². The van der Waals surface area contributed by atoms with Crippen molar-refractivity contribution >= 4 is 11.7 Å². The molecule has 1 aliphatic rings. The summed E-state index contributed by atoms with van der Waals surface area (Å²) in [5.74, 6) is -0.263. The number of carbonyl (C=O) groups excluding carboxylic acids is 1. The number of aliphatic hydroxyl groups excluding tert-OH is 1. The minimum absolute atomic E-state index is 0.127. The first-order chi connectivity index (χ1) is 10.2. The van der Waals surface area contributed by atoms with Crippen molar-refractivity contribution in [2.24, 2.45) is 0 Å². The van der Waals surface area contributed by atoms with Gasteiger partial charge >= 0.3 is 0 Å². The summed E-state index contributed by atoms with van der Waals surface area (Å²) in [5.41, 5.74) is 0.285. The van der Waals surface area contributed by atoms with Gasteiger partial charge in [0.25, 0.3) is 5.91 Å². The number of halogens is 1. The Labute approximate surface area is 124 Å². The molecule has 1 aromatic heterocycles. The standard InChI is InChI=1S/C15H22FN3O2/c1-2-17-14-13(9-11(16)10-18-14)15(21)19-7-3-5-12(19)6-4-8-20/h9-10,12,20H,2-8H2,1H3,(H,17,18). The van der Waals surface area contributed by atoms with Gasteiger partial charge in [-0.3, -0.25) is 4.79 Å². The Bertz CT molecular complexity index is 496. The molecule has 2 N–H and O–H groups in total. The number of carbonyl (C=O) groups is 1. The zero-order chi connectivity index (χ0) is 15.2. The average molecular weight is 295 g/mol. The Kier molecular flexibility index (Phi) is 5.50. The van der Waals surface area contributed by atoms with Crippen LogP contribution in [0.15, 0.2) is 12.3 Å². The summed E-state index contributed by atoms with van der Waals surface area (Å²) < 4.78 is 13.4. The second-order valence-electron chi connectivity index (χ2n) is 5.24. The molecular weight excluding hydrogens is 273 g/mol. The summed E-state index contributed by atoms with van der Waals surface area (Å²) in [6, 6.07) is 1.37. The van der Waals surface area contributed by atoms with Crippen molar-refractivity contribution in [1.82, 2.24) is 9.88 Å². The van der Waals surface area contributed by atoms with Crippen LogP contribution in [0.25, 0.3) is 0 Å². The number of nitrogens with zero attached hydrogens (tertiary/aromatic N) is 2. The van der Waals surface area contributed by atoms with Crippen LogP contribution in [0.2, 0.25) is 0 Å². The fourth-order valence-corrected chi connectivity index (χ4v) is 2.80. The molecule has 0 saturated carbocycles. The second-order valence-corrected chi connectivity index (χ2v) is 5.24. The number of aliphatic hydroxyl groups is 1. The van der Waals surface area contributed by atoms with Gasteiger partial charge in [0, 0.05) is 25.7 Å². The van der Waals surface area contributed by atoms with E-state index in [9.17, 15) is 9.18 Å². The number of pyridine rings is 1. The van der Waals surface area contributed by atoms with Gasteiger partial charge in [0.1, 0.15) is 11.6 Å². The molecule has 21 heavy (non-hydrogen) atoms. The molecule has 5 nitrogen and oxygen atoms in total. The van der Waals surface area contributed by atoms with E-state index in [-0.39, 0.29) is 24.1 Å². The van der Waals surface area contributed by atoms with Crippen LogP contribution in [0.4, 0.5) is 10.2 Å². The summed E-state index contributed by atoms with van der Waals surface area (Å²) in [6.45, 7) is 3.33. The van der Waals surface area contributed by atoms with E-state index in [1.807, 2.05) is 6.92 Å². The third-order valence-electron chi connectivity index (χ3n) is 3.76. The predicted molar refractivity (Wildman–Crippen MR) is 78.7 cm³/mol. The van der Waals surface area contributed by atoms with Gasteiger partial charge in [0.2, 0.25) is 0 Å². The number of anilines is 1. The molecule has 1 unspecified atom stereocenters. The number of likely N-dealkylation sites (tertiary alicyclic amines) is 1. The summed E-state index contributed by atoms with van der Waals surface area (Å²) in [4.78, 5) is 18.4. The fraction of sp³-hybridized carbons (Fsp3) is 0.600. The van der Waals surface area contributed by atoms with Crippen LogP contribution in [0.3, 0.4) is 0 Å². The molecule has 6 heteroatoms. The van der Waals surface area contributed by atoms with Crippen molar-refractivity contribution in [2.75, 3.05) is 25.0 Å². The molecule has 0 radical (unpaired) electrons. The third kappa shape index (κ3) is 3.69. The summed E-state index contributed by atoms with van der Waals surface area (Å²) in [7, 11) is 0. The van der Waals surface area contributed by atoms with Gasteiger partial charge in [-0.2, -0.15) is 0 Å². The van der Waals surface area contributed by atoms with Crippen molar-refractivity contribution < 1.29 is 14.3 Å². The van der Waals surface area contributed by atoms with E-state index in [2.05, 4.69) is 10.3 Å². The molecular formula is C15H22FN3O2. The summed E-state index contributed by atoms with van der Waals surface area (Å²) in [6.07, 6.45) is 4.45. The highest BCUT2D eigenvalue weighted by Crippen LogP contribution is 2.25. The topological polar surface area (TPSA) is 65.5 Å². The van der Waals surface area contributed by atoms with Crippen LogP contribution < -0.4 is 5.32 Å². The Balaban J connectivity index is 2.20. The van der Waals surface area contributed by atoms with Crippen molar-refractivity contribution in [2.45, 2.75) is 38.6 Å². The SMILES string of the molecule is CCNc1ncc(F)cc1C(=O)N1CCCC1CCCO. The van der Waals surface area contributed by atoms with Gasteiger partial charge < -0.3 is 15.3 Å². The lowest BCUT2D eigenvalue weighted by atomic mass is 10.1. The van der Waals surface area contributed by atoms with Crippen molar-refractivity contribution in [3.8, 4) is 0 Å². The van der Waals surface area contributed by atoms with Crippen LogP contribution in [0, 0.1) is 5.82 Å². The number of amides is 1. The van der Waals surface area contributed by atoms with E-state index < -0.39 is 5.82 Å². The number of hydrogen-bond acceptors (Lipinski definition) is 4. The molecule has 116 valence electrons. The summed E-state index contributed by atoms with van der Waals surface area (Å²) >= 11 is 0. The number of nitrogens with one attached hydrogen (secondary N) is 1. The average Bonchev–Trinajstić information content (AvgIpc) is 2.94. The van der Waals surface area contributed by atoms with Crippen LogP contribution in [-0.4, -0.2) is 46.6 Å². The van der Waals surface area contributed by atoms with Gasteiger partial charge in [-0.15, -0.1) is 0 Å². The monoisotopic (exact) mass is 295 g/mol. The molecule has 0 spiro atoms. The highest BCUT2D eigenvalue weighted by Gasteiger charge is 2.30. The van der Waals surface area contributed by atoms with E-state index >= 15 is 0 Å². The maximum atomic E-state index is 13.4. The van der Waals surface area contributed by atoms with E-state index in [1.54, 1.807) is 4.90 Å². The minimum Gasteiger partial charge on any atom is -0.396 e. The lowest BCUT2D eigenvalue weighted by Crippen LogP contribution is -2.36. The lowest BCUT2D eigenvalue weighted by Gasteiger charge is -2.25. The van der Waals surface area contributed by atoms with Gasteiger partial charge in [-0.1, -0.05) is 0 Å². The smallest absolute Gasteiger partial charge is 0.257 e. The molecule has 2 rings (SSSR count). The van der Waals surface area contributed by atoms with E-state index in [0.29, 0.717) is 25.3 Å². The second kappa shape index (κ2) is 7.36. The van der Waals surface area contributed by atoms with Crippen LogP contribution in [0.5, 0.6) is 0 Å². The van der Waals surface area contributed by atoms with Gasteiger partial charge in [-0.25, -0.2) is 9.37 Å². The maximum absolute atomic E-state index is 13.4. The highest BCUT2D eigenvalue weighted by molar-refractivity contribution is 5.99. The molecule has 1 fully saturated rings. The molecule has 1 aliphatic heterocycles. The van der Waals surface area contributed by atoms with Gasteiger partial charge in [0.05, 0.1) is 11.8 Å². The zero-order valence-corrected chi connectivity index (χ0v) is 12.3. The van der Waals surface area contributed by atoms with Crippen LogP contribution in [0.1, 0.15) is 43.0 Å². The van der Waals surface area contributed by atoms with Gasteiger partial charge in [-0.05, 0) is 38.7 Å². The quantitative estimate of drug-likeness (QED) is 0.843. The van der Waals surface area contributed by atoms with E-state index in [4.69, 9.17) is 5.11 Å². The first-order valence-corrected chi connectivity index (χ1v) is 7.48. The fourth-order valence-electron chi connectivity index (χ4n) is 2.80. The highest BCUT2D eigenvalue weighted by atomic mass is 19.1. The number of aromatic nitrogens is 1. The minimum atomic E-state index is -0.508. The first kappa shape index (κ1) is 15.7. The van der Waals surface area contributed by atoms with E-state index in [0.717, 1.165) is 25.5 Å². The molecule has 0 aliphatic carbocycles. The van der Waals surface area contributed by atoms with E-state index in [1.165, 1.54) is 6.07 Å². The maximum Gasteiger partial charge on any atom is 0.257 e. The van der Waals surface area contributed by atoms with Crippen LogP contribution in [-0.2, 0) is 0 Å². The molecule has 1 atom stereocenters. The molecule has 1 amide bonds. The molecule has 1 saturated heterocycles. The molecule has 2 heterocycles. The van der Waals surface area contributed by atoms with Crippen molar-refractivity contribution in [1.29, 1.82) is 0 Å². The predicted octanol–water partition coefficient (Wildman–Crippen LogP) is 2.03. The Morgan fingerprint density at radius 3 is 3.14 bits per heavy atom. The number of rotatable bonds is 6.